The number of quaternary nitrogens is 1. The van der Waals surface area contributed by atoms with E-state index in [1.807, 2.05) is 28.1 Å². The average molecular weight is 507 g/mol. The van der Waals surface area contributed by atoms with Gasteiger partial charge in [0.1, 0.15) is 0 Å². The van der Waals surface area contributed by atoms with Gasteiger partial charge in [-0.15, -0.1) is 0 Å². The molecule has 0 aromatic heterocycles. The summed E-state index contributed by atoms with van der Waals surface area (Å²) in [5.74, 6) is -2.38. The van der Waals surface area contributed by atoms with E-state index in [4.69, 9.17) is 21.1 Å². The third kappa shape index (κ3) is 28.4. The quantitative estimate of drug-likeness (QED) is 0.120. The van der Waals surface area contributed by atoms with Gasteiger partial charge >= 0.3 is 17.9 Å². The Balaban J connectivity index is -0.000000469. The number of hydrogen-bond acceptors (Lipinski definition) is 5. The number of hydrogen-bond donors (Lipinski definition) is 4. The van der Waals surface area contributed by atoms with Crippen LogP contribution in [0.3, 0.4) is 0 Å². The van der Waals surface area contributed by atoms with Crippen molar-refractivity contribution in [1.82, 2.24) is 4.90 Å². The predicted molar refractivity (Wildman–Crippen MR) is 142 cm³/mol. The van der Waals surface area contributed by atoms with Crippen LogP contribution < -0.4 is 5.73 Å². The summed E-state index contributed by atoms with van der Waals surface area (Å²) < 4.78 is 0.481. The Morgan fingerprint density at radius 1 is 0.714 bits per heavy atom. The molecule has 5 N–H and O–H groups in total. The number of nitrogens with zero attached hydrogens (tertiary/aromatic N) is 2. The van der Waals surface area contributed by atoms with Crippen LogP contribution in [0.25, 0.3) is 0 Å². The fourth-order valence-electron chi connectivity index (χ4n) is 3.25. The van der Waals surface area contributed by atoms with E-state index in [0.717, 1.165) is 19.3 Å². The zero-order valence-electron chi connectivity index (χ0n) is 23.6. The van der Waals surface area contributed by atoms with Gasteiger partial charge in [0, 0.05) is 6.42 Å². The minimum Gasteiger partial charge on any atom is -0.481 e. The van der Waals surface area contributed by atoms with Crippen molar-refractivity contribution >= 4 is 17.9 Å². The number of unbranched alkanes of at least 4 members (excludes halogenated alkanes) is 10. The van der Waals surface area contributed by atoms with Crippen LogP contribution in [0, 0.1) is 0 Å². The summed E-state index contributed by atoms with van der Waals surface area (Å²) in [6.07, 6.45) is 15.6. The molecule has 0 bridgehead atoms. The van der Waals surface area contributed by atoms with Gasteiger partial charge in [-0.2, -0.15) is 0 Å². The molecule has 0 radical (unpaired) electrons. The van der Waals surface area contributed by atoms with Crippen molar-refractivity contribution in [1.29, 1.82) is 0 Å². The van der Waals surface area contributed by atoms with Gasteiger partial charge in [-0.1, -0.05) is 84.5 Å². The largest absolute Gasteiger partial charge is 0.481 e. The van der Waals surface area contributed by atoms with Crippen LogP contribution in [0.15, 0.2) is 0 Å². The number of carboxylic acid groups (broad SMARTS) is 3. The predicted octanol–water partition coefficient (Wildman–Crippen LogP) is 4.64. The van der Waals surface area contributed by atoms with Crippen LogP contribution in [-0.2, 0) is 14.4 Å². The maximum atomic E-state index is 10.7. The average Bonchev–Trinajstić information content (AvgIpc) is 2.70. The molecule has 9 heteroatoms. The molecular formula is C26H56N3O6+. The molecule has 0 saturated carbocycles. The van der Waals surface area contributed by atoms with E-state index in [2.05, 4.69) is 6.92 Å². The summed E-state index contributed by atoms with van der Waals surface area (Å²) in [5.41, 5.74) is 4.42. The third-order valence-corrected chi connectivity index (χ3v) is 5.40. The molecule has 0 aliphatic rings. The molecule has 0 aliphatic carbocycles. The third-order valence-electron chi connectivity index (χ3n) is 5.40. The van der Waals surface area contributed by atoms with Gasteiger partial charge in [-0.05, 0) is 26.9 Å². The van der Waals surface area contributed by atoms with E-state index in [1.54, 1.807) is 14.1 Å². The molecule has 0 aromatic rings. The van der Waals surface area contributed by atoms with Crippen LogP contribution in [0.4, 0.5) is 0 Å². The Morgan fingerprint density at radius 2 is 1.11 bits per heavy atom. The van der Waals surface area contributed by atoms with Crippen LogP contribution in [0.2, 0.25) is 0 Å². The highest BCUT2D eigenvalue weighted by molar-refractivity contribution is 5.77. The second kappa shape index (κ2) is 22.7. The van der Waals surface area contributed by atoms with E-state index < -0.39 is 23.6 Å². The lowest BCUT2D eigenvalue weighted by Gasteiger charge is -2.31. The minimum absolute atomic E-state index is 0.181. The molecule has 1 unspecified atom stereocenters. The van der Waals surface area contributed by atoms with Gasteiger partial charge in [0.2, 0.25) is 0 Å². The summed E-state index contributed by atoms with van der Waals surface area (Å²) in [6, 6.07) is 0. The van der Waals surface area contributed by atoms with E-state index in [1.165, 1.54) is 62.7 Å². The van der Waals surface area contributed by atoms with Gasteiger partial charge in [0.25, 0.3) is 0 Å². The van der Waals surface area contributed by atoms with Gasteiger partial charge in [0.15, 0.2) is 12.2 Å². The molecule has 0 fully saturated rings. The van der Waals surface area contributed by atoms with Crippen molar-refractivity contribution < 1.29 is 34.2 Å². The van der Waals surface area contributed by atoms with Gasteiger partial charge in [-0.3, -0.25) is 9.69 Å². The van der Waals surface area contributed by atoms with E-state index >= 15 is 0 Å². The highest BCUT2D eigenvalue weighted by Gasteiger charge is 2.35. The first kappa shape index (κ1) is 37.8. The maximum absolute atomic E-state index is 10.7. The fraction of sp³-hybridized carbons (Fsp3) is 0.885. The second-order valence-corrected chi connectivity index (χ2v) is 10.4. The number of carboxylic acids is 3. The van der Waals surface area contributed by atoms with Crippen molar-refractivity contribution in [3.8, 4) is 0 Å². The SMILES string of the molecule is CCCC(N)(C(=O)O)N(C)C.CCCCCCCCCCCCCC(=O)O.C[N+](C)(C)CC(=O)O. The Morgan fingerprint density at radius 3 is 1.31 bits per heavy atom. The number of rotatable bonds is 18. The number of aliphatic carboxylic acids is 3. The highest BCUT2D eigenvalue weighted by atomic mass is 16.4. The molecule has 210 valence electrons. The Labute approximate surface area is 214 Å². The minimum atomic E-state index is -1.20. The van der Waals surface area contributed by atoms with Crippen LogP contribution in [0.5, 0.6) is 0 Å². The summed E-state index contributed by atoms with van der Waals surface area (Å²) >= 11 is 0. The number of carbonyl (C=O) groups is 3. The van der Waals surface area contributed by atoms with E-state index in [9.17, 15) is 14.4 Å². The molecule has 0 heterocycles. The molecule has 0 spiro atoms. The monoisotopic (exact) mass is 506 g/mol. The first-order valence-corrected chi connectivity index (χ1v) is 13.1. The Hall–Kier alpha value is -1.71. The molecule has 0 amide bonds. The number of nitrogens with two attached hydrogens (primary N) is 1. The van der Waals surface area contributed by atoms with Crippen molar-refractivity contribution in [2.45, 2.75) is 109 Å². The highest BCUT2D eigenvalue weighted by Crippen LogP contribution is 2.12. The summed E-state index contributed by atoms with van der Waals surface area (Å²) in [6.45, 7) is 4.34. The summed E-state index contributed by atoms with van der Waals surface area (Å²) in [4.78, 5) is 32.5. The Kier molecular flexibility index (Phi) is 24.6. The first-order chi connectivity index (χ1) is 16.1. The van der Waals surface area contributed by atoms with Gasteiger partial charge in [-0.25, -0.2) is 9.59 Å². The molecule has 0 aromatic carbocycles. The van der Waals surface area contributed by atoms with Gasteiger partial charge < -0.3 is 25.5 Å². The topological polar surface area (TPSA) is 141 Å². The lowest BCUT2D eigenvalue weighted by atomic mass is 10.0. The normalized spacial score (nSPS) is 12.6. The van der Waals surface area contributed by atoms with E-state index in [-0.39, 0.29) is 6.54 Å². The molecule has 0 aliphatic heterocycles. The Bertz CT molecular complexity index is 550. The lowest BCUT2D eigenvalue weighted by Crippen LogP contribution is -2.58. The first-order valence-electron chi connectivity index (χ1n) is 13.1. The van der Waals surface area contributed by atoms with Crippen LogP contribution in [-0.4, -0.2) is 90.1 Å². The molecule has 0 saturated heterocycles. The van der Waals surface area contributed by atoms with Crippen LogP contribution >= 0.6 is 0 Å². The zero-order chi connectivity index (χ0) is 27.9. The summed E-state index contributed by atoms with van der Waals surface area (Å²) in [7, 11) is 8.86. The van der Waals surface area contributed by atoms with Gasteiger partial charge in [0.05, 0.1) is 21.1 Å². The smallest absolute Gasteiger partial charge is 0.359 e. The maximum Gasteiger partial charge on any atom is 0.359 e. The molecule has 9 nitrogen and oxygen atoms in total. The lowest BCUT2D eigenvalue weighted by molar-refractivity contribution is -0.862. The van der Waals surface area contributed by atoms with Crippen molar-refractivity contribution in [2.24, 2.45) is 5.73 Å². The zero-order valence-corrected chi connectivity index (χ0v) is 23.6. The van der Waals surface area contributed by atoms with Crippen molar-refractivity contribution in [2.75, 3.05) is 41.8 Å². The fourth-order valence-corrected chi connectivity index (χ4v) is 3.25. The van der Waals surface area contributed by atoms with Crippen molar-refractivity contribution in [3.05, 3.63) is 0 Å². The number of likely N-dealkylation sites (N-methyl/N-ethyl adjacent to an activating group) is 2. The van der Waals surface area contributed by atoms with Crippen LogP contribution in [0.1, 0.15) is 104 Å². The molecule has 1 atom stereocenters. The summed E-state index contributed by atoms with van der Waals surface area (Å²) in [5, 5.41) is 25.5. The van der Waals surface area contributed by atoms with E-state index in [0.29, 0.717) is 17.3 Å². The molecule has 35 heavy (non-hydrogen) atoms. The second-order valence-electron chi connectivity index (χ2n) is 10.4. The van der Waals surface area contributed by atoms with Crippen molar-refractivity contribution in [3.63, 3.8) is 0 Å². The molecule has 0 rings (SSSR count). The standard InChI is InChI=1S/C14H28O2.C7H16N2O2.C5H11NO2/c1-2-3-4-5-6-7-8-9-10-11-12-13-14(15)16;1-4-5-7(8,6(10)11)9(2)3;1-6(2,3)4-5(7)8/h2-13H2,1H3,(H,15,16);4-5,8H2,1-3H3,(H,10,11);4H2,1-3H3/p+1. The molecular weight excluding hydrogens is 450 g/mol.